The van der Waals surface area contributed by atoms with Crippen LogP contribution in [0.15, 0.2) is 22.7 Å². The number of benzene rings is 1. The zero-order valence-corrected chi connectivity index (χ0v) is 13.0. The molecule has 0 heterocycles. The summed E-state index contributed by atoms with van der Waals surface area (Å²) in [5, 5.41) is 5.22. The number of amides is 2. The minimum absolute atomic E-state index is 0.219. The standard InChI is InChI=1S/C12H15BrN2O3S/c1-7(16)14-11(6-19)12(17)15-9-3-8(13)4-10(5-9)18-2/h3-5,11,19H,6H2,1-2H3,(H,14,16)(H,15,17). The Hall–Kier alpha value is -1.21. The van der Waals surface area contributed by atoms with Crippen LogP contribution in [0.5, 0.6) is 5.75 Å². The Morgan fingerprint density at radius 1 is 1.42 bits per heavy atom. The smallest absolute Gasteiger partial charge is 0.247 e. The zero-order chi connectivity index (χ0) is 14.4. The monoisotopic (exact) mass is 346 g/mol. The molecule has 0 radical (unpaired) electrons. The fourth-order valence-corrected chi connectivity index (χ4v) is 2.15. The van der Waals surface area contributed by atoms with Crippen LogP contribution in [-0.2, 0) is 9.59 Å². The van der Waals surface area contributed by atoms with Crippen molar-refractivity contribution >= 4 is 46.1 Å². The average molecular weight is 347 g/mol. The largest absolute Gasteiger partial charge is 0.497 e. The van der Waals surface area contributed by atoms with E-state index in [-0.39, 0.29) is 17.6 Å². The molecule has 0 saturated carbocycles. The summed E-state index contributed by atoms with van der Waals surface area (Å²) in [7, 11) is 1.54. The summed E-state index contributed by atoms with van der Waals surface area (Å²) in [4.78, 5) is 22.9. The molecule has 2 N–H and O–H groups in total. The highest BCUT2D eigenvalue weighted by Crippen LogP contribution is 2.24. The Morgan fingerprint density at radius 3 is 2.63 bits per heavy atom. The second-order valence-corrected chi connectivity index (χ2v) is 5.09. The normalized spacial score (nSPS) is 11.6. The first-order chi connectivity index (χ1) is 8.96. The van der Waals surface area contributed by atoms with Gasteiger partial charge in [0.25, 0.3) is 0 Å². The Labute approximate surface area is 125 Å². The molecule has 0 aliphatic carbocycles. The van der Waals surface area contributed by atoms with E-state index in [0.29, 0.717) is 11.4 Å². The molecule has 7 heteroatoms. The van der Waals surface area contributed by atoms with Crippen molar-refractivity contribution in [1.29, 1.82) is 0 Å². The SMILES string of the molecule is COc1cc(Br)cc(NC(=O)C(CS)NC(C)=O)c1. The molecule has 1 rings (SSSR count). The van der Waals surface area contributed by atoms with Gasteiger partial charge in [-0.3, -0.25) is 9.59 Å². The first kappa shape index (κ1) is 15.8. The first-order valence-electron chi connectivity index (χ1n) is 5.49. The van der Waals surface area contributed by atoms with Gasteiger partial charge >= 0.3 is 0 Å². The summed E-state index contributed by atoms with van der Waals surface area (Å²) in [6.07, 6.45) is 0. The number of carbonyl (C=O) groups is 2. The fraction of sp³-hybridized carbons (Fsp3) is 0.333. The van der Waals surface area contributed by atoms with Crippen LogP contribution in [0.3, 0.4) is 0 Å². The average Bonchev–Trinajstić information content (AvgIpc) is 2.34. The number of methoxy groups -OCH3 is 1. The van der Waals surface area contributed by atoms with Crippen molar-refractivity contribution in [2.45, 2.75) is 13.0 Å². The summed E-state index contributed by atoms with van der Waals surface area (Å²) in [5.41, 5.74) is 0.577. The predicted molar refractivity (Wildman–Crippen MR) is 80.8 cm³/mol. The minimum atomic E-state index is -0.675. The fourth-order valence-electron chi connectivity index (χ4n) is 1.42. The maximum Gasteiger partial charge on any atom is 0.247 e. The summed E-state index contributed by atoms with van der Waals surface area (Å²) in [6.45, 7) is 1.35. The number of rotatable bonds is 5. The Bertz CT molecular complexity index is 482. The molecule has 0 aliphatic heterocycles. The number of hydrogen-bond donors (Lipinski definition) is 3. The molecule has 0 aromatic heterocycles. The summed E-state index contributed by atoms with van der Waals surface area (Å²) < 4.78 is 5.88. The lowest BCUT2D eigenvalue weighted by atomic mass is 10.2. The molecular weight excluding hydrogens is 332 g/mol. The minimum Gasteiger partial charge on any atom is -0.497 e. The van der Waals surface area contributed by atoms with Gasteiger partial charge < -0.3 is 15.4 Å². The number of hydrogen-bond acceptors (Lipinski definition) is 4. The van der Waals surface area contributed by atoms with Crippen LogP contribution >= 0.6 is 28.6 Å². The van der Waals surface area contributed by atoms with Crippen molar-refractivity contribution in [1.82, 2.24) is 5.32 Å². The zero-order valence-electron chi connectivity index (χ0n) is 10.6. The van der Waals surface area contributed by atoms with E-state index in [1.807, 2.05) is 0 Å². The quantitative estimate of drug-likeness (QED) is 0.712. The van der Waals surface area contributed by atoms with E-state index in [9.17, 15) is 9.59 Å². The number of halogens is 1. The lowest BCUT2D eigenvalue weighted by Gasteiger charge is -2.15. The van der Waals surface area contributed by atoms with Crippen molar-refractivity contribution < 1.29 is 14.3 Å². The van der Waals surface area contributed by atoms with Gasteiger partial charge in [0.1, 0.15) is 11.8 Å². The van der Waals surface area contributed by atoms with Gasteiger partial charge in [-0.1, -0.05) is 15.9 Å². The molecule has 1 atom stereocenters. The van der Waals surface area contributed by atoms with Crippen molar-refractivity contribution in [3.63, 3.8) is 0 Å². The number of anilines is 1. The van der Waals surface area contributed by atoms with E-state index in [4.69, 9.17) is 4.74 Å². The van der Waals surface area contributed by atoms with Crippen molar-refractivity contribution in [2.75, 3.05) is 18.2 Å². The van der Waals surface area contributed by atoms with E-state index in [2.05, 4.69) is 39.2 Å². The third-order valence-electron chi connectivity index (χ3n) is 2.25. The van der Waals surface area contributed by atoms with Gasteiger partial charge in [0.05, 0.1) is 7.11 Å². The van der Waals surface area contributed by atoms with Crippen LogP contribution in [-0.4, -0.2) is 30.7 Å². The van der Waals surface area contributed by atoms with E-state index in [1.54, 1.807) is 25.3 Å². The van der Waals surface area contributed by atoms with Crippen LogP contribution in [0.4, 0.5) is 5.69 Å². The highest BCUT2D eigenvalue weighted by atomic mass is 79.9. The first-order valence-corrected chi connectivity index (χ1v) is 6.92. The topological polar surface area (TPSA) is 67.4 Å². The van der Waals surface area contributed by atoms with Gasteiger partial charge in [0, 0.05) is 28.9 Å². The summed E-state index contributed by atoms with van der Waals surface area (Å²) in [6, 6.07) is 4.53. The second kappa shape index (κ2) is 7.40. The van der Waals surface area contributed by atoms with Crippen molar-refractivity contribution in [3.05, 3.63) is 22.7 Å². The molecule has 19 heavy (non-hydrogen) atoms. The maximum absolute atomic E-state index is 12.0. The number of thiol groups is 1. The lowest BCUT2D eigenvalue weighted by Crippen LogP contribution is -2.44. The number of nitrogens with one attached hydrogen (secondary N) is 2. The van der Waals surface area contributed by atoms with Gasteiger partial charge in [0.15, 0.2) is 0 Å². The van der Waals surface area contributed by atoms with Crippen LogP contribution in [0.1, 0.15) is 6.92 Å². The number of carbonyl (C=O) groups excluding carboxylic acids is 2. The van der Waals surface area contributed by atoms with Gasteiger partial charge in [-0.2, -0.15) is 12.6 Å². The van der Waals surface area contributed by atoms with E-state index in [0.717, 1.165) is 4.47 Å². The molecule has 0 spiro atoms. The van der Waals surface area contributed by atoms with E-state index >= 15 is 0 Å². The molecule has 1 aromatic rings. The summed E-state index contributed by atoms with van der Waals surface area (Å²) >= 11 is 7.37. The second-order valence-electron chi connectivity index (χ2n) is 3.80. The van der Waals surface area contributed by atoms with E-state index in [1.165, 1.54) is 6.92 Å². The van der Waals surface area contributed by atoms with Crippen molar-refractivity contribution in [2.24, 2.45) is 0 Å². The highest BCUT2D eigenvalue weighted by Gasteiger charge is 2.18. The molecule has 104 valence electrons. The van der Waals surface area contributed by atoms with Crippen LogP contribution < -0.4 is 15.4 Å². The molecule has 0 fully saturated rings. The lowest BCUT2D eigenvalue weighted by molar-refractivity contribution is -0.124. The molecule has 0 saturated heterocycles. The third-order valence-corrected chi connectivity index (χ3v) is 3.07. The summed E-state index contributed by atoms with van der Waals surface area (Å²) in [5.74, 6) is 0.231. The molecule has 0 aliphatic rings. The molecule has 1 unspecified atom stereocenters. The van der Waals surface area contributed by atoms with Gasteiger partial charge in [-0.05, 0) is 12.1 Å². The molecule has 5 nitrogen and oxygen atoms in total. The number of ether oxygens (including phenoxy) is 1. The van der Waals surface area contributed by atoms with Crippen LogP contribution in [0.2, 0.25) is 0 Å². The van der Waals surface area contributed by atoms with Gasteiger partial charge in [-0.15, -0.1) is 0 Å². The molecule has 1 aromatic carbocycles. The molecular formula is C12H15BrN2O3S. The predicted octanol–water partition coefficient (Wildman–Crippen LogP) is 1.83. The van der Waals surface area contributed by atoms with Crippen LogP contribution in [0, 0.1) is 0 Å². The van der Waals surface area contributed by atoms with Gasteiger partial charge in [0.2, 0.25) is 11.8 Å². The van der Waals surface area contributed by atoms with E-state index < -0.39 is 6.04 Å². The Morgan fingerprint density at radius 2 is 2.11 bits per heavy atom. The molecule has 0 bridgehead atoms. The Balaban J connectivity index is 2.80. The van der Waals surface area contributed by atoms with Gasteiger partial charge in [-0.25, -0.2) is 0 Å². The Kier molecular flexibility index (Phi) is 6.17. The van der Waals surface area contributed by atoms with Crippen molar-refractivity contribution in [3.8, 4) is 5.75 Å². The third kappa shape index (κ3) is 5.12. The molecule has 2 amide bonds. The van der Waals surface area contributed by atoms with Crippen LogP contribution in [0.25, 0.3) is 0 Å². The highest BCUT2D eigenvalue weighted by molar-refractivity contribution is 9.10. The maximum atomic E-state index is 12.0.